The number of aromatic amines is 1. The van der Waals surface area contributed by atoms with Crippen molar-refractivity contribution in [1.29, 1.82) is 0 Å². The van der Waals surface area contributed by atoms with Crippen LogP contribution in [0.2, 0.25) is 0 Å². The number of aliphatic hydroxyl groups is 1. The van der Waals surface area contributed by atoms with E-state index < -0.39 is 54.0 Å². The number of amides is 3. The number of aliphatic carboxylic acids is 1. The van der Waals surface area contributed by atoms with Crippen LogP contribution >= 0.6 is 0 Å². The van der Waals surface area contributed by atoms with Gasteiger partial charge in [0.15, 0.2) is 0 Å². The molecule has 6 atom stereocenters. The number of rotatable bonds is 16. The number of nitrogens with one attached hydrogen (secondary N) is 4. The zero-order valence-corrected chi connectivity index (χ0v) is 20.5. The molecule has 1 rings (SSSR count). The highest BCUT2D eigenvalue weighted by molar-refractivity contribution is 5.94. The van der Waals surface area contributed by atoms with Crippen molar-refractivity contribution in [3.05, 3.63) is 18.2 Å². The van der Waals surface area contributed by atoms with Gasteiger partial charge in [-0.1, -0.05) is 20.3 Å². The smallest absolute Gasteiger partial charge is 0.326 e. The van der Waals surface area contributed by atoms with Crippen LogP contribution in [-0.2, 0) is 25.6 Å². The van der Waals surface area contributed by atoms with E-state index in [1.165, 1.54) is 19.4 Å². The Bertz CT molecular complexity index is 817. The van der Waals surface area contributed by atoms with Crippen molar-refractivity contribution < 1.29 is 29.4 Å². The van der Waals surface area contributed by atoms with Crippen LogP contribution in [0.4, 0.5) is 0 Å². The lowest BCUT2D eigenvalue weighted by Crippen LogP contribution is -2.60. The first kappa shape index (κ1) is 30.0. The molecule has 0 aliphatic carbocycles. The van der Waals surface area contributed by atoms with Gasteiger partial charge < -0.3 is 42.6 Å². The predicted molar refractivity (Wildman–Crippen MR) is 128 cm³/mol. The number of carbonyl (C=O) groups excluding carboxylic acids is 3. The first-order chi connectivity index (χ1) is 16.5. The van der Waals surface area contributed by atoms with E-state index in [9.17, 15) is 29.4 Å². The van der Waals surface area contributed by atoms with Crippen LogP contribution in [-0.4, -0.2) is 80.7 Å². The minimum Gasteiger partial charge on any atom is -0.480 e. The molecule has 0 fully saturated rings. The van der Waals surface area contributed by atoms with E-state index in [4.69, 9.17) is 11.5 Å². The average molecular weight is 498 g/mol. The Morgan fingerprint density at radius 3 is 2.23 bits per heavy atom. The lowest BCUT2D eigenvalue weighted by Gasteiger charge is -2.27. The fraction of sp³-hybridized carbons (Fsp3) is 0.682. The highest BCUT2D eigenvalue weighted by Gasteiger charge is 2.33. The van der Waals surface area contributed by atoms with Gasteiger partial charge in [0.2, 0.25) is 17.7 Å². The third-order valence-electron chi connectivity index (χ3n) is 5.80. The number of hydrogen-bond donors (Lipinski definition) is 8. The second kappa shape index (κ2) is 15.1. The number of aromatic nitrogens is 2. The van der Waals surface area contributed by atoms with E-state index in [-0.39, 0.29) is 18.8 Å². The van der Waals surface area contributed by atoms with E-state index in [0.717, 1.165) is 0 Å². The summed E-state index contributed by atoms with van der Waals surface area (Å²) in [5.41, 5.74) is 12.0. The van der Waals surface area contributed by atoms with E-state index in [1.807, 2.05) is 13.8 Å². The molecular weight excluding hydrogens is 458 g/mol. The number of H-pyrrole nitrogens is 1. The van der Waals surface area contributed by atoms with Gasteiger partial charge in [-0.2, -0.15) is 0 Å². The van der Waals surface area contributed by atoms with Gasteiger partial charge in [0.25, 0.3) is 0 Å². The summed E-state index contributed by atoms with van der Waals surface area (Å²) in [7, 11) is 0. The van der Waals surface area contributed by atoms with Crippen LogP contribution < -0.4 is 27.4 Å². The molecule has 35 heavy (non-hydrogen) atoms. The lowest BCUT2D eigenvalue weighted by atomic mass is 9.98. The monoisotopic (exact) mass is 497 g/mol. The Hall–Kier alpha value is -3.03. The first-order valence-corrected chi connectivity index (χ1v) is 11.8. The summed E-state index contributed by atoms with van der Waals surface area (Å²) in [6.45, 7) is 5.41. The van der Waals surface area contributed by atoms with Crippen molar-refractivity contribution in [2.75, 3.05) is 6.54 Å². The lowest BCUT2D eigenvalue weighted by molar-refractivity contribution is -0.143. The Balaban J connectivity index is 2.94. The first-order valence-electron chi connectivity index (χ1n) is 11.8. The van der Waals surface area contributed by atoms with Crippen LogP contribution in [0.1, 0.15) is 52.1 Å². The van der Waals surface area contributed by atoms with Crippen molar-refractivity contribution in [2.24, 2.45) is 17.4 Å². The SMILES string of the molecule is CCC(C)C(N)C(=O)NC(CCCCN)C(=O)NC(C(=O)NC(Cc1cnc[nH]1)C(=O)O)C(C)O. The molecule has 10 N–H and O–H groups in total. The van der Waals surface area contributed by atoms with E-state index in [2.05, 4.69) is 25.9 Å². The molecule has 1 heterocycles. The summed E-state index contributed by atoms with van der Waals surface area (Å²) in [5, 5.41) is 27.0. The van der Waals surface area contributed by atoms with E-state index in [1.54, 1.807) is 0 Å². The molecule has 198 valence electrons. The average Bonchev–Trinajstić information content (AvgIpc) is 3.32. The number of imidazole rings is 1. The van der Waals surface area contributed by atoms with Crippen molar-refractivity contribution in [3.63, 3.8) is 0 Å². The number of carbonyl (C=O) groups is 4. The number of unbranched alkanes of at least 4 members (excludes halogenated alkanes) is 1. The van der Waals surface area contributed by atoms with Gasteiger partial charge in [-0.25, -0.2) is 9.78 Å². The second-order valence-corrected chi connectivity index (χ2v) is 8.66. The zero-order chi connectivity index (χ0) is 26.5. The van der Waals surface area contributed by atoms with Gasteiger partial charge in [0.1, 0.15) is 18.1 Å². The molecule has 0 spiro atoms. The second-order valence-electron chi connectivity index (χ2n) is 8.66. The molecule has 3 amide bonds. The maximum Gasteiger partial charge on any atom is 0.326 e. The van der Waals surface area contributed by atoms with Crippen molar-refractivity contribution >= 4 is 23.7 Å². The highest BCUT2D eigenvalue weighted by Crippen LogP contribution is 2.08. The van der Waals surface area contributed by atoms with E-state index in [0.29, 0.717) is 31.5 Å². The largest absolute Gasteiger partial charge is 0.480 e. The fourth-order valence-corrected chi connectivity index (χ4v) is 3.28. The van der Waals surface area contributed by atoms with Crippen LogP contribution in [0, 0.1) is 5.92 Å². The number of aliphatic hydroxyl groups excluding tert-OH is 1. The summed E-state index contributed by atoms with van der Waals surface area (Å²) in [6, 6.07) is -4.61. The minimum absolute atomic E-state index is 0.0766. The van der Waals surface area contributed by atoms with Crippen LogP contribution in [0.15, 0.2) is 12.5 Å². The number of carboxylic acids is 1. The number of nitrogens with two attached hydrogens (primary N) is 2. The molecule has 0 saturated heterocycles. The van der Waals surface area contributed by atoms with Gasteiger partial charge in [0, 0.05) is 18.3 Å². The van der Waals surface area contributed by atoms with E-state index >= 15 is 0 Å². The maximum absolute atomic E-state index is 13.0. The summed E-state index contributed by atoms with van der Waals surface area (Å²) < 4.78 is 0. The van der Waals surface area contributed by atoms with Crippen molar-refractivity contribution in [3.8, 4) is 0 Å². The number of hydrogen-bond acceptors (Lipinski definition) is 8. The topological polar surface area (TPSA) is 226 Å². The van der Waals surface area contributed by atoms with Gasteiger partial charge in [0.05, 0.1) is 18.5 Å². The number of carboxylic acid groups (broad SMARTS) is 1. The molecular formula is C22H39N7O6. The molecule has 6 unspecified atom stereocenters. The molecule has 0 saturated carbocycles. The minimum atomic E-state index is -1.46. The quantitative estimate of drug-likeness (QED) is 0.123. The predicted octanol–water partition coefficient (Wildman–Crippen LogP) is -1.63. The number of nitrogens with zero attached hydrogens (tertiary/aromatic N) is 1. The van der Waals surface area contributed by atoms with Gasteiger partial charge in [-0.15, -0.1) is 0 Å². The highest BCUT2D eigenvalue weighted by atomic mass is 16.4. The Labute approximate surface area is 204 Å². The maximum atomic E-state index is 13.0. The molecule has 0 radical (unpaired) electrons. The Kier molecular flexibility index (Phi) is 12.9. The van der Waals surface area contributed by atoms with Crippen LogP contribution in [0.5, 0.6) is 0 Å². The van der Waals surface area contributed by atoms with Crippen molar-refractivity contribution in [1.82, 2.24) is 25.9 Å². The normalized spacial score (nSPS) is 16.3. The van der Waals surface area contributed by atoms with Crippen molar-refractivity contribution in [2.45, 2.75) is 83.1 Å². The van der Waals surface area contributed by atoms with Gasteiger partial charge >= 0.3 is 5.97 Å². The summed E-state index contributed by atoms with van der Waals surface area (Å²) in [6.07, 6.45) is 3.45. The molecule has 13 nitrogen and oxygen atoms in total. The Morgan fingerprint density at radius 2 is 1.71 bits per heavy atom. The molecule has 0 aliphatic rings. The van der Waals surface area contributed by atoms with Gasteiger partial charge in [-0.05, 0) is 38.6 Å². The molecule has 1 aromatic heterocycles. The fourth-order valence-electron chi connectivity index (χ4n) is 3.28. The molecule has 0 bridgehead atoms. The zero-order valence-electron chi connectivity index (χ0n) is 20.5. The molecule has 13 heteroatoms. The third-order valence-corrected chi connectivity index (χ3v) is 5.80. The van der Waals surface area contributed by atoms with Crippen LogP contribution in [0.3, 0.4) is 0 Å². The summed E-state index contributed by atoms with van der Waals surface area (Å²) in [5.74, 6) is -3.50. The molecule has 0 aliphatic heterocycles. The Morgan fingerprint density at radius 1 is 1.06 bits per heavy atom. The van der Waals surface area contributed by atoms with Crippen LogP contribution in [0.25, 0.3) is 0 Å². The summed E-state index contributed by atoms with van der Waals surface area (Å²) in [4.78, 5) is 56.6. The third kappa shape index (κ3) is 10.0. The molecule has 0 aromatic carbocycles. The summed E-state index contributed by atoms with van der Waals surface area (Å²) >= 11 is 0. The van der Waals surface area contributed by atoms with Gasteiger partial charge in [-0.3, -0.25) is 14.4 Å². The standard InChI is InChI=1S/C22H39N7O6/c1-4-12(2)17(24)20(32)27-15(7-5-6-8-23)19(31)29-18(13(3)30)21(33)28-16(22(34)35)9-14-10-25-11-26-14/h10-13,15-18,30H,4-9,23-24H2,1-3H3,(H,25,26)(H,27,32)(H,28,33)(H,29,31)(H,34,35). The molecule has 1 aromatic rings.